The van der Waals surface area contributed by atoms with Crippen LogP contribution in [0.2, 0.25) is 0 Å². The van der Waals surface area contributed by atoms with Gasteiger partial charge in [0.15, 0.2) is 0 Å². The lowest BCUT2D eigenvalue weighted by Gasteiger charge is -1.98. The molecule has 1 nitrogen and oxygen atoms in total. The SMILES string of the molecule is NC1CCC(=Cc2cccc(F)c2)C1. The van der Waals surface area contributed by atoms with Crippen LogP contribution in [0.25, 0.3) is 6.08 Å². The number of nitrogens with two attached hydrogens (primary N) is 1. The third kappa shape index (κ3) is 2.20. The second kappa shape index (κ2) is 3.93. The predicted octanol–water partition coefficient (Wildman–Crippen LogP) is 2.72. The molecule has 0 heterocycles. The first-order valence-electron chi connectivity index (χ1n) is 4.94. The molecule has 2 heteroatoms. The Labute approximate surface area is 83.4 Å². The van der Waals surface area contributed by atoms with Gasteiger partial charge in [-0.1, -0.05) is 23.8 Å². The van der Waals surface area contributed by atoms with Crippen molar-refractivity contribution in [2.75, 3.05) is 0 Å². The lowest BCUT2D eigenvalue weighted by molar-refractivity contribution is 0.627. The Balaban J connectivity index is 2.17. The minimum absolute atomic E-state index is 0.179. The van der Waals surface area contributed by atoms with Gasteiger partial charge in [-0.15, -0.1) is 0 Å². The van der Waals surface area contributed by atoms with E-state index in [0.717, 1.165) is 24.8 Å². The second-order valence-electron chi connectivity index (χ2n) is 3.86. The van der Waals surface area contributed by atoms with Gasteiger partial charge < -0.3 is 5.73 Å². The highest BCUT2D eigenvalue weighted by molar-refractivity contribution is 5.53. The standard InChI is InChI=1S/C12H14FN/c13-11-3-1-2-9(7-11)6-10-4-5-12(14)8-10/h1-3,6-7,12H,4-5,8,14H2. The van der Waals surface area contributed by atoms with Gasteiger partial charge in [0.05, 0.1) is 0 Å². The monoisotopic (exact) mass is 191 g/mol. The van der Waals surface area contributed by atoms with Crippen LogP contribution in [-0.2, 0) is 0 Å². The normalized spacial score (nSPS) is 24.4. The average Bonchev–Trinajstić information content (AvgIpc) is 2.51. The zero-order valence-electron chi connectivity index (χ0n) is 8.04. The summed E-state index contributed by atoms with van der Waals surface area (Å²) in [7, 11) is 0. The van der Waals surface area contributed by atoms with Gasteiger partial charge in [0.2, 0.25) is 0 Å². The molecular weight excluding hydrogens is 177 g/mol. The van der Waals surface area contributed by atoms with Crippen molar-refractivity contribution in [1.82, 2.24) is 0 Å². The summed E-state index contributed by atoms with van der Waals surface area (Å²) in [6, 6.07) is 6.96. The van der Waals surface area contributed by atoms with E-state index in [9.17, 15) is 4.39 Å². The summed E-state index contributed by atoms with van der Waals surface area (Å²) >= 11 is 0. The molecule has 0 saturated heterocycles. The van der Waals surface area contributed by atoms with E-state index in [-0.39, 0.29) is 5.82 Å². The topological polar surface area (TPSA) is 26.0 Å². The molecule has 14 heavy (non-hydrogen) atoms. The van der Waals surface area contributed by atoms with Gasteiger partial charge >= 0.3 is 0 Å². The number of halogens is 1. The second-order valence-corrected chi connectivity index (χ2v) is 3.86. The van der Waals surface area contributed by atoms with Crippen molar-refractivity contribution in [3.8, 4) is 0 Å². The minimum Gasteiger partial charge on any atom is -0.327 e. The third-order valence-corrected chi connectivity index (χ3v) is 2.58. The van der Waals surface area contributed by atoms with Crippen LogP contribution in [-0.4, -0.2) is 6.04 Å². The predicted molar refractivity (Wildman–Crippen MR) is 56.2 cm³/mol. The summed E-state index contributed by atoms with van der Waals surface area (Å²) in [4.78, 5) is 0. The molecule has 0 amide bonds. The number of hydrogen-bond acceptors (Lipinski definition) is 1. The van der Waals surface area contributed by atoms with Gasteiger partial charge in [-0.05, 0) is 37.0 Å². The van der Waals surface area contributed by atoms with Gasteiger partial charge in [0, 0.05) is 6.04 Å². The molecule has 0 spiro atoms. The molecule has 74 valence electrons. The van der Waals surface area contributed by atoms with Crippen molar-refractivity contribution >= 4 is 6.08 Å². The molecule has 0 bridgehead atoms. The van der Waals surface area contributed by atoms with Crippen molar-refractivity contribution in [2.24, 2.45) is 5.73 Å². The van der Waals surface area contributed by atoms with Crippen LogP contribution < -0.4 is 5.73 Å². The molecule has 1 atom stereocenters. The summed E-state index contributed by atoms with van der Waals surface area (Å²) in [6.07, 6.45) is 5.12. The first-order chi connectivity index (χ1) is 6.74. The zero-order valence-corrected chi connectivity index (χ0v) is 8.04. The van der Waals surface area contributed by atoms with Crippen LogP contribution in [0.1, 0.15) is 24.8 Å². The molecule has 0 radical (unpaired) electrons. The minimum atomic E-state index is -0.179. The molecule has 2 N–H and O–H groups in total. The first-order valence-corrected chi connectivity index (χ1v) is 4.94. The Hall–Kier alpha value is -1.15. The molecule has 1 aliphatic rings. The van der Waals surface area contributed by atoms with Crippen molar-refractivity contribution in [3.63, 3.8) is 0 Å². The smallest absolute Gasteiger partial charge is 0.123 e. The molecule has 1 unspecified atom stereocenters. The van der Waals surface area contributed by atoms with Crippen LogP contribution in [0.4, 0.5) is 4.39 Å². The maximum atomic E-state index is 12.9. The van der Waals surface area contributed by atoms with Gasteiger partial charge in [-0.3, -0.25) is 0 Å². The molecular formula is C12H14FN. The van der Waals surface area contributed by atoms with E-state index in [0.29, 0.717) is 6.04 Å². The van der Waals surface area contributed by atoms with Crippen molar-refractivity contribution < 1.29 is 4.39 Å². The van der Waals surface area contributed by atoms with E-state index in [2.05, 4.69) is 6.08 Å². The Kier molecular flexibility index (Phi) is 2.64. The highest BCUT2D eigenvalue weighted by atomic mass is 19.1. The maximum Gasteiger partial charge on any atom is 0.123 e. The van der Waals surface area contributed by atoms with Crippen LogP contribution in [0, 0.1) is 5.82 Å². The van der Waals surface area contributed by atoms with Crippen LogP contribution in [0.15, 0.2) is 29.8 Å². The van der Waals surface area contributed by atoms with Crippen molar-refractivity contribution in [2.45, 2.75) is 25.3 Å². The van der Waals surface area contributed by atoms with Crippen molar-refractivity contribution in [1.29, 1.82) is 0 Å². The molecule has 1 aromatic carbocycles. The Morgan fingerprint density at radius 2 is 2.29 bits per heavy atom. The summed E-state index contributed by atoms with van der Waals surface area (Å²) in [5.41, 5.74) is 8.07. The van der Waals surface area contributed by atoms with Crippen molar-refractivity contribution in [3.05, 3.63) is 41.2 Å². The van der Waals surface area contributed by atoms with Gasteiger partial charge in [0.25, 0.3) is 0 Å². The van der Waals surface area contributed by atoms with E-state index in [4.69, 9.17) is 5.73 Å². The molecule has 2 rings (SSSR count). The molecule has 1 aromatic rings. The molecule has 1 fully saturated rings. The van der Waals surface area contributed by atoms with Crippen LogP contribution in [0.3, 0.4) is 0 Å². The number of hydrogen-bond donors (Lipinski definition) is 1. The largest absolute Gasteiger partial charge is 0.327 e. The van der Waals surface area contributed by atoms with E-state index in [1.807, 2.05) is 6.07 Å². The summed E-state index contributed by atoms with van der Waals surface area (Å²) in [5, 5.41) is 0. The zero-order chi connectivity index (χ0) is 9.97. The van der Waals surface area contributed by atoms with E-state index >= 15 is 0 Å². The summed E-state index contributed by atoms with van der Waals surface area (Å²) in [5.74, 6) is -0.179. The lowest BCUT2D eigenvalue weighted by atomic mass is 10.1. The summed E-state index contributed by atoms with van der Waals surface area (Å²) in [6.45, 7) is 0. The molecule has 1 saturated carbocycles. The van der Waals surface area contributed by atoms with Gasteiger partial charge in [0.1, 0.15) is 5.82 Å². The quantitative estimate of drug-likeness (QED) is 0.725. The Morgan fingerprint density at radius 3 is 2.93 bits per heavy atom. The summed E-state index contributed by atoms with van der Waals surface area (Å²) < 4.78 is 12.9. The highest BCUT2D eigenvalue weighted by Gasteiger charge is 2.14. The van der Waals surface area contributed by atoms with Crippen LogP contribution >= 0.6 is 0 Å². The fraction of sp³-hybridized carbons (Fsp3) is 0.333. The number of rotatable bonds is 1. The third-order valence-electron chi connectivity index (χ3n) is 2.58. The Morgan fingerprint density at radius 1 is 1.43 bits per heavy atom. The van der Waals surface area contributed by atoms with Crippen LogP contribution in [0.5, 0.6) is 0 Å². The Bertz CT molecular complexity index is 357. The highest BCUT2D eigenvalue weighted by Crippen LogP contribution is 2.25. The fourth-order valence-electron chi connectivity index (χ4n) is 1.87. The van der Waals surface area contributed by atoms with Gasteiger partial charge in [-0.25, -0.2) is 4.39 Å². The van der Waals surface area contributed by atoms with Gasteiger partial charge in [-0.2, -0.15) is 0 Å². The van der Waals surface area contributed by atoms with E-state index in [1.54, 1.807) is 12.1 Å². The first kappa shape index (κ1) is 9.41. The molecule has 0 aliphatic heterocycles. The maximum absolute atomic E-state index is 12.9. The molecule has 0 aromatic heterocycles. The fourth-order valence-corrected chi connectivity index (χ4v) is 1.87. The average molecular weight is 191 g/mol. The van der Waals surface area contributed by atoms with E-state index < -0.39 is 0 Å². The number of benzene rings is 1. The van der Waals surface area contributed by atoms with E-state index in [1.165, 1.54) is 11.6 Å². The lowest BCUT2D eigenvalue weighted by Crippen LogP contribution is -2.13. The molecule has 1 aliphatic carbocycles.